The van der Waals surface area contributed by atoms with Crippen LogP contribution >= 0.6 is 11.3 Å². The molecule has 224 valence electrons. The van der Waals surface area contributed by atoms with Gasteiger partial charge in [0.15, 0.2) is 5.78 Å². The van der Waals surface area contributed by atoms with E-state index in [1.807, 2.05) is 43.5 Å². The van der Waals surface area contributed by atoms with E-state index >= 15 is 0 Å². The number of rotatable bonds is 9. The minimum atomic E-state index is -0.795. The lowest BCUT2D eigenvalue weighted by Gasteiger charge is -2.31. The highest BCUT2D eigenvalue weighted by atomic mass is 32.1. The van der Waals surface area contributed by atoms with E-state index in [1.165, 1.54) is 6.92 Å². The Bertz CT molecular complexity index is 1320. The molecule has 2 saturated heterocycles. The second kappa shape index (κ2) is 12.8. The van der Waals surface area contributed by atoms with E-state index in [0.29, 0.717) is 24.9 Å². The summed E-state index contributed by atoms with van der Waals surface area (Å²) < 4.78 is 0. The fourth-order valence-electron chi connectivity index (χ4n) is 6.79. The minimum absolute atomic E-state index is 0.0553. The van der Waals surface area contributed by atoms with Crippen molar-refractivity contribution in [1.29, 1.82) is 0 Å². The highest BCUT2D eigenvalue weighted by Crippen LogP contribution is 2.34. The summed E-state index contributed by atoms with van der Waals surface area (Å²) in [6, 6.07) is 8.70. The van der Waals surface area contributed by atoms with Crippen LogP contribution < -0.4 is 10.6 Å². The second-order valence-corrected chi connectivity index (χ2v) is 13.1. The van der Waals surface area contributed by atoms with Gasteiger partial charge in [-0.25, -0.2) is 0 Å². The molecular weight excluding hydrogens is 552 g/mol. The molecule has 0 spiro atoms. The number of Topliss-reactive ketones (excluding diaryl/α,β-unsaturated/α-hetero) is 1. The van der Waals surface area contributed by atoms with Gasteiger partial charge in [0.1, 0.15) is 18.1 Å². The van der Waals surface area contributed by atoms with Gasteiger partial charge in [0.25, 0.3) is 5.91 Å². The number of thiophene rings is 1. The molecule has 1 saturated carbocycles. The molecule has 1 aliphatic carbocycles. The maximum atomic E-state index is 13.9. The van der Waals surface area contributed by atoms with E-state index in [9.17, 15) is 24.0 Å². The zero-order valence-corrected chi connectivity index (χ0v) is 25.3. The van der Waals surface area contributed by atoms with Gasteiger partial charge in [0.2, 0.25) is 17.7 Å². The number of carbonyl (C=O) groups excluding carboxylic acids is 5. The monoisotopic (exact) mass is 592 g/mol. The average Bonchev–Trinajstić information content (AvgIpc) is 3.77. The number of benzene rings is 1. The van der Waals surface area contributed by atoms with Gasteiger partial charge in [-0.3, -0.25) is 24.0 Å². The summed E-state index contributed by atoms with van der Waals surface area (Å²) in [7, 11) is 0. The second-order valence-electron chi connectivity index (χ2n) is 12.2. The molecule has 2 aliphatic heterocycles. The standard InChI is InChI=1S/C32H40N4O5S/c1-19(2)17-24(34-30(39)23-12-10-21(11-13-23)27-9-6-16-42-27)31(40)35-15-14-25-29(35)26(38)18-36(25)32(41)28(33-20(3)37)22-7-4-5-8-22/h6,9-13,16,19,22,24-25,28-29H,4-5,7-8,14-15,17-18H2,1-3H3,(H,33,37)(H,34,39). The summed E-state index contributed by atoms with van der Waals surface area (Å²) >= 11 is 1.62. The quantitative estimate of drug-likeness (QED) is 0.462. The van der Waals surface area contributed by atoms with Crippen molar-refractivity contribution in [3.05, 3.63) is 47.3 Å². The number of nitrogens with one attached hydrogen (secondary N) is 2. The van der Waals surface area contributed by atoms with Gasteiger partial charge in [-0.1, -0.05) is 44.9 Å². The number of amides is 4. The Morgan fingerprint density at radius 2 is 1.67 bits per heavy atom. The van der Waals surface area contributed by atoms with Gasteiger partial charge in [0.05, 0.1) is 12.6 Å². The van der Waals surface area contributed by atoms with Crippen molar-refractivity contribution in [2.75, 3.05) is 13.1 Å². The summed E-state index contributed by atoms with van der Waals surface area (Å²) in [6.45, 7) is 5.64. The number of nitrogens with zero attached hydrogens (tertiary/aromatic N) is 2. The van der Waals surface area contributed by atoms with Crippen LogP contribution in [0.2, 0.25) is 0 Å². The fourth-order valence-corrected chi connectivity index (χ4v) is 7.52. The molecule has 42 heavy (non-hydrogen) atoms. The highest BCUT2D eigenvalue weighted by Gasteiger charge is 2.53. The van der Waals surface area contributed by atoms with Crippen LogP contribution in [0.3, 0.4) is 0 Å². The summed E-state index contributed by atoms with van der Waals surface area (Å²) in [4.78, 5) is 70.4. The van der Waals surface area contributed by atoms with Crippen LogP contribution in [-0.2, 0) is 19.2 Å². The van der Waals surface area contributed by atoms with Crippen LogP contribution in [-0.4, -0.2) is 76.5 Å². The van der Waals surface area contributed by atoms with Crippen molar-refractivity contribution in [2.45, 2.75) is 83.5 Å². The number of fused-ring (bicyclic) bond motifs is 1. The predicted octanol–water partition coefficient (Wildman–Crippen LogP) is 3.64. The highest BCUT2D eigenvalue weighted by molar-refractivity contribution is 7.13. The first-order chi connectivity index (χ1) is 20.1. The van der Waals surface area contributed by atoms with E-state index in [0.717, 1.165) is 36.1 Å². The van der Waals surface area contributed by atoms with Crippen molar-refractivity contribution in [2.24, 2.45) is 11.8 Å². The third kappa shape index (κ3) is 6.28. The Labute approximate surface area is 251 Å². The van der Waals surface area contributed by atoms with Gasteiger partial charge in [-0.2, -0.15) is 0 Å². The molecular formula is C32H40N4O5S. The maximum Gasteiger partial charge on any atom is 0.251 e. The van der Waals surface area contributed by atoms with E-state index in [-0.39, 0.29) is 47.8 Å². The van der Waals surface area contributed by atoms with Gasteiger partial charge in [-0.15, -0.1) is 11.3 Å². The molecule has 4 unspecified atom stereocenters. The maximum absolute atomic E-state index is 13.9. The van der Waals surface area contributed by atoms with Crippen molar-refractivity contribution in [3.8, 4) is 10.4 Å². The molecule has 4 amide bonds. The normalized spacial score (nSPS) is 21.9. The van der Waals surface area contributed by atoms with Crippen LogP contribution in [0.5, 0.6) is 0 Å². The smallest absolute Gasteiger partial charge is 0.251 e. The number of hydrogen-bond donors (Lipinski definition) is 2. The van der Waals surface area contributed by atoms with E-state index in [2.05, 4.69) is 10.6 Å². The largest absolute Gasteiger partial charge is 0.344 e. The molecule has 0 bridgehead atoms. The van der Waals surface area contributed by atoms with Crippen molar-refractivity contribution >= 4 is 40.7 Å². The SMILES string of the molecule is CC(=O)NC(C(=O)N1CC(=O)C2C1CCN2C(=O)C(CC(C)C)NC(=O)c1ccc(-c2cccs2)cc1)C1CCCC1. The molecule has 4 atom stereocenters. The van der Waals surface area contributed by atoms with Crippen molar-refractivity contribution < 1.29 is 24.0 Å². The summed E-state index contributed by atoms with van der Waals surface area (Å²) in [6.07, 6.45) is 4.67. The van der Waals surface area contributed by atoms with Gasteiger partial charge < -0.3 is 20.4 Å². The van der Waals surface area contributed by atoms with Crippen molar-refractivity contribution in [1.82, 2.24) is 20.4 Å². The molecule has 1 aromatic heterocycles. The molecule has 2 N–H and O–H groups in total. The molecule has 2 aromatic rings. The number of hydrogen-bond acceptors (Lipinski definition) is 6. The van der Waals surface area contributed by atoms with Gasteiger partial charge >= 0.3 is 0 Å². The first-order valence-corrected chi connectivity index (χ1v) is 15.9. The third-order valence-corrected chi connectivity index (χ3v) is 9.67. The summed E-state index contributed by atoms with van der Waals surface area (Å²) in [5, 5.41) is 7.78. The minimum Gasteiger partial charge on any atom is -0.344 e. The van der Waals surface area contributed by atoms with E-state index in [1.54, 1.807) is 33.3 Å². The lowest BCUT2D eigenvalue weighted by atomic mass is 9.96. The Hall–Kier alpha value is -3.53. The van der Waals surface area contributed by atoms with Crippen LogP contribution in [0, 0.1) is 11.8 Å². The molecule has 10 heteroatoms. The third-order valence-electron chi connectivity index (χ3n) is 8.75. The van der Waals surface area contributed by atoms with Crippen LogP contribution in [0.15, 0.2) is 41.8 Å². The molecule has 3 fully saturated rings. The van der Waals surface area contributed by atoms with Crippen LogP contribution in [0.4, 0.5) is 0 Å². The molecule has 0 radical (unpaired) electrons. The predicted molar refractivity (Wildman–Crippen MR) is 161 cm³/mol. The number of likely N-dealkylation sites (tertiary alicyclic amines) is 2. The number of ketones is 1. The molecule has 1 aromatic carbocycles. The first kappa shape index (κ1) is 29.9. The topological polar surface area (TPSA) is 116 Å². The van der Waals surface area contributed by atoms with E-state index < -0.39 is 24.2 Å². The Morgan fingerprint density at radius 1 is 0.952 bits per heavy atom. The molecule has 3 aliphatic rings. The van der Waals surface area contributed by atoms with Crippen LogP contribution in [0.25, 0.3) is 10.4 Å². The number of carbonyl (C=O) groups is 5. The molecule has 3 heterocycles. The van der Waals surface area contributed by atoms with E-state index in [4.69, 9.17) is 0 Å². The zero-order valence-electron chi connectivity index (χ0n) is 24.5. The zero-order chi connectivity index (χ0) is 30.0. The summed E-state index contributed by atoms with van der Waals surface area (Å²) in [5.74, 6) is -1.13. The Balaban J connectivity index is 1.29. The van der Waals surface area contributed by atoms with Gasteiger partial charge in [0, 0.05) is 23.9 Å². The lowest BCUT2D eigenvalue weighted by Crippen LogP contribution is -2.54. The van der Waals surface area contributed by atoms with Crippen molar-refractivity contribution in [3.63, 3.8) is 0 Å². The van der Waals surface area contributed by atoms with Crippen LogP contribution in [0.1, 0.15) is 69.7 Å². The molecule has 9 nitrogen and oxygen atoms in total. The fraction of sp³-hybridized carbons (Fsp3) is 0.531. The average molecular weight is 593 g/mol. The molecule has 5 rings (SSSR count). The Kier molecular flexibility index (Phi) is 9.11. The lowest BCUT2D eigenvalue weighted by molar-refractivity contribution is -0.139. The Morgan fingerprint density at radius 3 is 2.29 bits per heavy atom. The summed E-state index contributed by atoms with van der Waals surface area (Å²) in [5.41, 5.74) is 1.48. The van der Waals surface area contributed by atoms with Gasteiger partial charge in [-0.05, 0) is 66.7 Å². The first-order valence-electron chi connectivity index (χ1n) is 15.0.